The van der Waals surface area contributed by atoms with Crippen LogP contribution in [0.2, 0.25) is 5.15 Å². The van der Waals surface area contributed by atoms with Gasteiger partial charge in [-0.2, -0.15) is 0 Å². The van der Waals surface area contributed by atoms with E-state index in [4.69, 9.17) is 11.6 Å². The highest BCUT2D eigenvalue weighted by Gasteiger charge is 2.22. The average molecular weight is 270 g/mol. The Morgan fingerprint density at radius 3 is 2.56 bits per heavy atom. The molecule has 0 aliphatic rings. The summed E-state index contributed by atoms with van der Waals surface area (Å²) in [5.74, 6) is 0.461. The molecule has 1 amide bonds. The van der Waals surface area contributed by atoms with Crippen molar-refractivity contribution in [3.63, 3.8) is 0 Å². The summed E-state index contributed by atoms with van der Waals surface area (Å²) >= 11 is 5.81. The molecule has 1 aromatic rings. The molecule has 0 fully saturated rings. The van der Waals surface area contributed by atoms with E-state index in [2.05, 4.69) is 43.0 Å². The van der Waals surface area contributed by atoms with Gasteiger partial charge in [0.05, 0.1) is 0 Å². The molecule has 100 valence electrons. The molecule has 1 rings (SSSR count). The highest BCUT2D eigenvalue weighted by Crippen LogP contribution is 2.28. The number of hydrogen-bond acceptors (Lipinski definition) is 3. The second kappa shape index (κ2) is 5.65. The lowest BCUT2D eigenvalue weighted by molar-refractivity contribution is -0.117. The van der Waals surface area contributed by atoms with Gasteiger partial charge in [-0.1, -0.05) is 39.3 Å². The predicted molar refractivity (Wildman–Crippen MR) is 73.6 cm³/mol. The van der Waals surface area contributed by atoms with E-state index in [1.165, 1.54) is 0 Å². The summed E-state index contributed by atoms with van der Waals surface area (Å²) < 4.78 is 0. The molecule has 1 heterocycles. The predicted octanol–water partition coefficient (Wildman–Crippen LogP) is 3.45. The van der Waals surface area contributed by atoms with E-state index in [1.807, 2.05) is 0 Å². The number of aromatic nitrogens is 2. The summed E-state index contributed by atoms with van der Waals surface area (Å²) in [6.45, 7) is 10.2. The molecule has 1 atom stereocenters. The lowest BCUT2D eigenvalue weighted by Gasteiger charge is -2.26. The minimum atomic E-state index is -0.0842. The lowest BCUT2D eigenvalue weighted by atomic mass is 9.80. The van der Waals surface area contributed by atoms with Crippen molar-refractivity contribution in [1.29, 1.82) is 0 Å². The molecule has 0 aliphatic carbocycles. The first kappa shape index (κ1) is 14.9. The smallest absolute Gasteiger partial charge is 0.231 e. The zero-order valence-corrected chi connectivity index (χ0v) is 12.3. The third-order valence-electron chi connectivity index (χ3n) is 3.04. The molecule has 1 aromatic heterocycles. The SMILES string of the molecule is Cc1cc(Cl)nc(NC(=O)CC(C)C(C)(C)C)n1. The number of carbonyl (C=O) groups is 1. The van der Waals surface area contributed by atoms with Crippen molar-refractivity contribution in [1.82, 2.24) is 9.97 Å². The maximum absolute atomic E-state index is 11.9. The zero-order valence-electron chi connectivity index (χ0n) is 11.5. The van der Waals surface area contributed by atoms with Gasteiger partial charge in [0, 0.05) is 12.1 Å². The molecule has 4 nitrogen and oxygen atoms in total. The summed E-state index contributed by atoms with van der Waals surface area (Å²) in [6.07, 6.45) is 0.443. The highest BCUT2D eigenvalue weighted by molar-refractivity contribution is 6.29. The molecule has 0 bridgehead atoms. The molecule has 0 aromatic carbocycles. The van der Waals surface area contributed by atoms with Gasteiger partial charge >= 0.3 is 0 Å². The molecule has 0 spiro atoms. The van der Waals surface area contributed by atoms with Crippen LogP contribution in [0.5, 0.6) is 0 Å². The van der Waals surface area contributed by atoms with Crippen LogP contribution in [0.3, 0.4) is 0 Å². The minimum Gasteiger partial charge on any atom is -0.294 e. The molecular formula is C13H20ClN3O. The van der Waals surface area contributed by atoms with Crippen molar-refractivity contribution in [2.24, 2.45) is 11.3 Å². The van der Waals surface area contributed by atoms with Crippen molar-refractivity contribution in [3.8, 4) is 0 Å². The molecule has 0 radical (unpaired) electrons. The molecular weight excluding hydrogens is 250 g/mol. The third-order valence-corrected chi connectivity index (χ3v) is 3.24. The topological polar surface area (TPSA) is 54.9 Å². The number of aryl methyl sites for hydroxylation is 1. The number of carbonyl (C=O) groups excluding carboxylic acids is 1. The van der Waals surface area contributed by atoms with E-state index in [-0.39, 0.29) is 23.2 Å². The number of rotatable bonds is 3. The fraction of sp³-hybridized carbons (Fsp3) is 0.615. The van der Waals surface area contributed by atoms with Crippen molar-refractivity contribution in [3.05, 3.63) is 16.9 Å². The first-order valence-corrected chi connectivity index (χ1v) is 6.37. The van der Waals surface area contributed by atoms with Crippen molar-refractivity contribution in [2.75, 3.05) is 5.32 Å². The van der Waals surface area contributed by atoms with E-state index >= 15 is 0 Å². The average Bonchev–Trinajstić information content (AvgIpc) is 2.13. The monoisotopic (exact) mass is 269 g/mol. The van der Waals surface area contributed by atoms with Gasteiger partial charge in [-0.05, 0) is 24.3 Å². The van der Waals surface area contributed by atoms with E-state index < -0.39 is 0 Å². The lowest BCUT2D eigenvalue weighted by Crippen LogP contribution is -2.24. The van der Waals surface area contributed by atoms with E-state index in [9.17, 15) is 4.79 Å². The Morgan fingerprint density at radius 1 is 1.44 bits per heavy atom. The Labute approximate surface area is 113 Å². The molecule has 18 heavy (non-hydrogen) atoms. The first-order chi connectivity index (χ1) is 8.18. The number of anilines is 1. The van der Waals surface area contributed by atoms with Crippen LogP contribution in [0, 0.1) is 18.3 Å². The molecule has 5 heteroatoms. The molecule has 0 saturated heterocycles. The Balaban J connectivity index is 2.65. The standard InChI is InChI=1S/C13H20ClN3O/c1-8(13(3,4)5)6-11(18)17-12-15-9(2)7-10(14)16-12/h7-8H,6H2,1-5H3,(H,15,16,17,18). The summed E-state index contributed by atoms with van der Waals surface area (Å²) in [4.78, 5) is 19.9. The molecule has 1 unspecified atom stereocenters. The van der Waals surface area contributed by atoms with Gasteiger partial charge in [0.25, 0.3) is 0 Å². The number of nitrogens with one attached hydrogen (secondary N) is 1. The minimum absolute atomic E-state index is 0.0842. The van der Waals surface area contributed by atoms with Gasteiger partial charge in [-0.3, -0.25) is 10.1 Å². The van der Waals surface area contributed by atoms with Crippen LogP contribution in [0.1, 0.15) is 39.8 Å². The molecule has 0 aliphatic heterocycles. The van der Waals surface area contributed by atoms with Crippen LogP contribution in [0.15, 0.2) is 6.07 Å². The number of hydrogen-bond donors (Lipinski definition) is 1. The molecule has 1 N–H and O–H groups in total. The summed E-state index contributed by atoms with van der Waals surface area (Å²) in [7, 11) is 0. The second-order valence-corrected chi connectivity index (χ2v) is 6.06. The van der Waals surface area contributed by atoms with Gasteiger partial charge in [0.2, 0.25) is 11.9 Å². The Bertz CT molecular complexity index is 420. The number of nitrogens with zero attached hydrogens (tertiary/aromatic N) is 2. The summed E-state index contributed by atoms with van der Waals surface area (Å²) in [6, 6.07) is 1.65. The van der Waals surface area contributed by atoms with Gasteiger partial charge in [0.15, 0.2) is 0 Å². The third kappa shape index (κ3) is 4.61. The Hall–Kier alpha value is -1.16. The van der Waals surface area contributed by atoms with Gasteiger partial charge in [-0.15, -0.1) is 0 Å². The van der Waals surface area contributed by atoms with Crippen molar-refractivity contribution < 1.29 is 4.79 Å². The summed E-state index contributed by atoms with van der Waals surface area (Å²) in [5, 5.41) is 3.02. The zero-order chi connectivity index (χ0) is 13.9. The van der Waals surface area contributed by atoms with Crippen LogP contribution in [-0.2, 0) is 4.79 Å². The largest absolute Gasteiger partial charge is 0.294 e. The Kier molecular flexibility index (Phi) is 4.68. The van der Waals surface area contributed by atoms with E-state index in [1.54, 1.807) is 13.0 Å². The first-order valence-electron chi connectivity index (χ1n) is 5.99. The summed E-state index contributed by atoms with van der Waals surface area (Å²) in [5.41, 5.74) is 0.830. The number of amides is 1. The van der Waals surface area contributed by atoms with E-state index in [0.717, 1.165) is 5.69 Å². The maximum atomic E-state index is 11.9. The Morgan fingerprint density at radius 2 is 2.06 bits per heavy atom. The van der Waals surface area contributed by atoms with Crippen LogP contribution in [0.4, 0.5) is 5.95 Å². The quantitative estimate of drug-likeness (QED) is 0.855. The fourth-order valence-electron chi connectivity index (χ4n) is 1.35. The van der Waals surface area contributed by atoms with Crippen molar-refractivity contribution >= 4 is 23.5 Å². The van der Waals surface area contributed by atoms with Gasteiger partial charge in [0.1, 0.15) is 5.15 Å². The van der Waals surface area contributed by atoms with Gasteiger partial charge < -0.3 is 0 Å². The second-order valence-electron chi connectivity index (χ2n) is 5.68. The fourth-order valence-corrected chi connectivity index (χ4v) is 1.58. The van der Waals surface area contributed by atoms with Crippen LogP contribution in [-0.4, -0.2) is 15.9 Å². The maximum Gasteiger partial charge on any atom is 0.231 e. The normalized spacial score (nSPS) is 13.2. The highest BCUT2D eigenvalue weighted by atomic mass is 35.5. The van der Waals surface area contributed by atoms with E-state index in [0.29, 0.717) is 11.6 Å². The van der Waals surface area contributed by atoms with Crippen molar-refractivity contribution in [2.45, 2.75) is 41.0 Å². The molecule has 0 saturated carbocycles. The van der Waals surface area contributed by atoms with Gasteiger partial charge in [-0.25, -0.2) is 9.97 Å². The van der Waals surface area contributed by atoms with Crippen LogP contribution in [0.25, 0.3) is 0 Å². The van der Waals surface area contributed by atoms with Crippen LogP contribution < -0.4 is 5.32 Å². The number of halogens is 1. The van der Waals surface area contributed by atoms with Crippen LogP contribution >= 0.6 is 11.6 Å².